The number of hydrogen-bond donors (Lipinski definition) is 1. The van der Waals surface area contributed by atoms with Crippen molar-refractivity contribution in [3.63, 3.8) is 0 Å². The Kier molecular flexibility index (Phi) is 4.68. The average molecular weight is 411 g/mol. The Hall–Kier alpha value is -3.45. The number of H-pyrrole nitrogens is 1. The van der Waals surface area contributed by atoms with Gasteiger partial charge in [-0.25, -0.2) is 9.07 Å². The van der Waals surface area contributed by atoms with Crippen LogP contribution in [-0.2, 0) is 4.79 Å². The molecule has 0 aliphatic carbocycles. The number of aromatic nitrogens is 2. The number of benzene rings is 2. The van der Waals surface area contributed by atoms with Crippen molar-refractivity contribution in [3.8, 4) is 5.69 Å². The number of nitrogens with one attached hydrogen (secondary N) is 1. The lowest BCUT2D eigenvalue weighted by atomic mass is 10.1. The maximum absolute atomic E-state index is 13.2. The Morgan fingerprint density at radius 2 is 1.62 bits per heavy atom. The van der Waals surface area contributed by atoms with E-state index in [9.17, 15) is 14.0 Å². The quantitative estimate of drug-likeness (QED) is 0.661. The minimum Gasteiger partial charge on any atom is -0.295 e. The molecule has 1 N–H and O–H groups in total. The monoisotopic (exact) mass is 410 g/mol. The first-order valence-corrected chi connectivity index (χ1v) is 9.18. The largest absolute Gasteiger partial charge is 0.295 e. The molecule has 0 unspecified atom stereocenters. The van der Waals surface area contributed by atoms with Crippen molar-refractivity contribution in [1.82, 2.24) is 9.78 Å². The van der Waals surface area contributed by atoms with Crippen LogP contribution in [0.4, 0.5) is 10.1 Å². The van der Waals surface area contributed by atoms with Crippen LogP contribution in [0.25, 0.3) is 11.8 Å². The predicted molar refractivity (Wildman–Crippen MR) is 111 cm³/mol. The number of anilines is 1. The molecule has 0 saturated carbocycles. The van der Waals surface area contributed by atoms with Gasteiger partial charge >= 0.3 is 0 Å². The Balaban J connectivity index is 1.72. The van der Waals surface area contributed by atoms with Gasteiger partial charge in [-0.1, -0.05) is 11.6 Å². The van der Waals surface area contributed by atoms with Crippen LogP contribution in [0.15, 0.2) is 64.0 Å². The van der Waals surface area contributed by atoms with Crippen molar-refractivity contribution < 1.29 is 9.18 Å². The summed E-state index contributed by atoms with van der Waals surface area (Å²) >= 11 is 5.90. The molecule has 0 radical (unpaired) electrons. The van der Waals surface area contributed by atoms with Gasteiger partial charge in [0.1, 0.15) is 5.82 Å². The molecule has 6 nitrogen and oxygen atoms in total. The fourth-order valence-electron chi connectivity index (χ4n) is 3.09. The van der Waals surface area contributed by atoms with E-state index in [2.05, 4.69) is 10.2 Å². The van der Waals surface area contributed by atoms with Crippen LogP contribution >= 0.6 is 11.6 Å². The second-order valence-electron chi connectivity index (χ2n) is 6.60. The fraction of sp³-hybridized carbons (Fsp3) is 0.0952. The minimum atomic E-state index is -0.391. The second kappa shape index (κ2) is 7.18. The van der Waals surface area contributed by atoms with Gasteiger partial charge in [-0.3, -0.25) is 14.7 Å². The van der Waals surface area contributed by atoms with E-state index in [1.165, 1.54) is 40.0 Å². The Bertz CT molecular complexity index is 1220. The third-order valence-electron chi connectivity index (χ3n) is 4.62. The first-order chi connectivity index (χ1) is 13.8. The fourth-order valence-corrected chi connectivity index (χ4v) is 3.21. The molecule has 0 atom stereocenters. The van der Waals surface area contributed by atoms with Crippen LogP contribution in [0.1, 0.15) is 18.2 Å². The highest BCUT2D eigenvalue weighted by molar-refractivity contribution is 6.32. The molecule has 8 heteroatoms. The maximum atomic E-state index is 13.2. The molecule has 146 valence electrons. The Morgan fingerprint density at radius 1 is 1.00 bits per heavy atom. The van der Waals surface area contributed by atoms with Crippen LogP contribution < -0.4 is 10.6 Å². The Labute approximate surface area is 170 Å². The van der Waals surface area contributed by atoms with Gasteiger partial charge < -0.3 is 0 Å². The van der Waals surface area contributed by atoms with Crippen molar-refractivity contribution in [2.24, 2.45) is 5.10 Å². The summed E-state index contributed by atoms with van der Waals surface area (Å²) in [4.78, 5) is 25.8. The van der Waals surface area contributed by atoms with E-state index in [4.69, 9.17) is 11.6 Å². The third-order valence-corrected chi connectivity index (χ3v) is 4.88. The van der Waals surface area contributed by atoms with Crippen molar-refractivity contribution in [2.75, 3.05) is 5.01 Å². The van der Waals surface area contributed by atoms with E-state index in [0.717, 1.165) is 0 Å². The number of halogens is 2. The normalized spacial score (nSPS) is 15.3. The molecule has 4 rings (SSSR count). The average Bonchev–Trinajstić information content (AvgIpc) is 3.14. The van der Waals surface area contributed by atoms with E-state index in [0.29, 0.717) is 38.9 Å². The molecule has 0 spiro atoms. The molecular formula is C21H16ClFN4O2. The van der Waals surface area contributed by atoms with Crippen molar-refractivity contribution in [3.05, 3.63) is 86.6 Å². The molecule has 1 amide bonds. The van der Waals surface area contributed by atoms with Gasteiger partial charge in [0.05, 0.1) is 28.2 Å². The number of aryl methyl sites for hydroxylation is 1. The summed E-state index contributed by atoms with van der Waals surface area (Å²) < 4.78 is 14.5. The van der Waals surface area contributed by atoms with Crippen LogP contribution in [0.5, 0.6) is 0 Å². The number of nitrogens with zero attached hydrogens (tertiary/aromatic N) is 3. The lowest BCUT2D eigenvalue weighted by Crippen LogP contribution is -2.21. The van der Waals surface area contributed by atoms with Crippen molar-refractivity contribution in [2.45, 2.75) is 13.8 Å². The predicted octanol–water partition coefficient (Wildman–Crippen LogP) is 4.07. The summed E-state index contributed by atoms with van der Waals surface area (Å²) in [5.41, 5.74) is 2.48. The van der Waals surface area contributed by atoms with Gasteiger partial charge in [0.25, 0.3) is 11.5 Å². The lowest BCUT2D eigenvalue weighted by molar-refractivity contribution is -0.114. The molecule has 1 aliphatic rings. The number of aromatic amines is 1. The highest BCUT2D eigenvalue weighted by Crippen LogP contribution is 2.26. The van der Waals surface area contributed by atoms with Gasteiger partial charge in [-0.15, -0.1) is 0 Å². The van der Waals surface area contributed by atoms with Crippen LogP contribution in [0.3, 0.4) is 0 Å². The van der Waals surface area contributed by atoms with E-state index < -0.39 is 5.82 Å². The topological polar surface area (TPSA) is 70.5 Å². The van der Waals surface area contributed by atoms with Crippen LogP contribution in [0.2, 0.25) is 5.02 Å². The molecule has 0 bridgehead atoms. The van der Waals surface area contributed by atoms with Crippen molar-refractivity contribution >= 4 is 35.0 Å². The summed E-state index contributed by atoms with van der Waals surface area (Å²) in [5.74, 6) is -0.726. The van der Waals surface area contributed by atoms with Gasteiger partial charge in [-0.2, -0.15) is 10.1 Å². The summed E-state index contributed by atoms with van der Waals surface area (Å²) in [6, 6.07) is 12.3. The van der Waals surface area contributed by atoms with Gasteiger partial charge in [0.2, 0.25) is 0 Å². The lowest BCUT2D eigenvalue weighted by Gasteiger charge is -2.11. The molecule has 2 heterocycles. The zero-order valence-corrected chi connectivity index (χ0v) is 16.4. The number of carbonyl (C=O) groups excluding carboxylic acids is 1. The number of amides is 1. The number of carbonyl (C=O) groups is 1. The summed E-state index contributed by atoms with van der Waals surface area (Å²) in [5, 5.41) is 9.10. The summed E-state index contributed by atoms with van der Waals surface area (Å²) in [6.45, 7) is 3.44. The third kappa shape index (κ3) is 3.40. The summed E-state index contributed by atoms with van der Waals surface area (Å²) in [6.07, 6.45) is 1.53. The molecular weight excluding hydrogens is 395 g/mol. The Morgan fingerprint density at radius 3 is 2.28 bits per heavy atom. The van der Waals surface area contributed by atoms with Gasteiger partial charge in [0.15, 0.2) is 0 Å². The SMILES string of the molecule is CC1=NN(c2ccc(Cl)cc2)C(=O)C1=Cc1c(C)[nH]n(-c2ccc(F)cc2)c1=O. The zero-order chi connectivity index (χ0) is 20.7. The molecule has 1 aromatic heterocycles. The standard InChI is InChI=1S/C21H16ClFN4O2/c1-12-18(20(28)26(24-12)16-7-3-14(22)4-8-16)11-19-13(2)25-27(21(19)29)17-9-5-15(23)6-10-17/h3-11,25H,1-2H3. The van der Waals surface area contributed by atoms with Crippen molar-refractivity contribution in [1.29, 1.82) is 0 Å². The maximum Gasteiger partial charge on any atom is 0.280 e. The minimum absolute atomic E-state index is 0.324. The first-order valence-electron chi connectivity index (χ1n) is 8.80. The molecule has 3 aromatic rings. The van der Waals surface area contributed by atoms with E-state index in [1.54, 1.807) is 38.1 Å². The van der Waals surface area contributed by atoms with Crippen LogP contribution in [0, 0.1) is 12.7 Å². The highest BCUT2D eigenvalue weighted by Gasteiger charge is 2.29. The van der Waals surface area contributed by atoms with E-state index >= 15 is 0 Å². The van der Waals surface area contributed by atoms with Gasteiger partial charge in [0, 0.05) is 10.7 Å². The number of hydrogen-bond acceptors (Lipinski definition) is 3. The highest BCUT2D eigenvalue weighted by atomic mass is 35.5. The molecule has 29 heavy (non-hydrogen) atoms. The molecule has 2 aromatic carbocycles. The molecule has 0 saturated heterocycles. The van der Waals surface area contributed by atoms with Crippen LogP contribution in [-0.4, -0.2) is 21.4 Å². The van der Waals surface area contributed by atoms with E-state index in [1.807, 2.05) is 0 Å². The number of rotatable bonds is 3. The smallest absolute Gasteiger partial charge is 0.280 e. The van der Waals surface area contributed by atoms with E-state index in [-0.39, 0.29) is 11.5 Å². The number of hydrazone groups is 1. The zero-order valence-electron chi connectivity index (χ0n) is 15.6. The molecule has 0 fully saturated rings. The molecule has 1 aliphatic heterocycles. The second-order valence-corrected chi connectivity index (χ2v) is 7.04. The summed E-state index contributed by atoms with van der Waals surface area (Å²) in [7, 11) is 0. The van der Waals surface area contributed by atoms with Gasteiger partial charge in [-0.05, 0) is 68.5 Å². The first kappa shape index (κ1) is 18.9.